The minimum atomic E-state index is 0.0897. The predicted molar refractivity (Wildman–Crippen MR) is 63.5 cm³/mol. The van der Waals surface area contributed by atoms with Crippen molar-refractivity contribution in [2.45, 2.75) is 11.9 Å². The Morgan fingerprint density at radius 2 is 2.27 bits per heavy atom. The highest BCUT2D eigenvalue weighted by atomic mass is 32.2. The smallest absolute Gasteiger partial charge is 0.159 e. The van der Waals surface area contributed by atoms with Crippen molar-refractivity contribution >= 4 is 17.5 Å². The van der Waals surface area contributed by atoms with Gasteiger partial charge < -0.3 is 4.90 Å². The Balaban J connectivity index is 2.54. The van der Waals surface area contributed by atoms with E-state index in [1.807, 2.05) is 20.2 Å². The van der Waals surface area contributed by atoms with Crippen LogP contribution in [0.25, 0.3) is 0 Å². The van der Waals surface area contributed by atoms with Gasteiger partial charge in [-0.1, -0.05) is 0 Å². The Bertz CT molecular complexity index is 339. The summed E-state index contributed by atoms with van der Waals surface area (Å²) in [5.74, 6) is 1.08. The maximum Gasteiger partial charge on any atom is 0.159 e. The van der Waals surface area contributed by atoms with Gasteiger partial charge in [-0.3, -0.25) is 4.79 Å². The van der Waals surface area contributed by atoms with Crippen LogP contribution in [0.15, 0.2) is 23.4 Å². The summed E-state index contributed by atoms with van der Waals surface area (Å²) in [6.07, 6.45) is 1.69. The molecule has 82 valence electrons. The zero-order valence-electron chi connectivity index (χ0n) is 9.36. The van der Waals surface area contributed by atoms with Crippen molar-refractivity contribution in [1.29, 1.82) is 0 Å². The highest BCUT2D eigenvalue weighted by Gasteiger charge is 2.02. The van der Waals surface area contributed by atoms with Crippen LogP contribution in [0.4, 0.5) is 0 Å². The molecule has 0 saturated heterocycles. The largest absolute Gasteiger partial charge is 0.309 e. The van der Waals surface area contributed by atoms with E-state index in [1.165, 1.54) is 0 Å². The Hall–Kier alpha value is -0.870. The molecule has 1 aromatic heterocycles. The van der Waals surface area contributed by atoms with Crippen LogP contribution >= 0.6 is 11.8 Å². The van der Waals surface area contributed by atoms with Gasteiger partial charge in [-0.25, -0.2) is 4.98 Å². The van der Waals surface area contributed by atoms with E-state index < -0.39 is 0 Å². The lowest BCUT2D eigenvalue weighted by Gasteiger charge is -2.08. The summed E-state index contributed by atoms with van der Waals surface area (Å²) in [5, 5.41) is 0.921. The van der Waals surface area contributed by atoms with E-state index in [0.717, 1.165) is 22.9 Å². The van der Waals surface area contributed by atoms with Crippen molar-refractivity contribution in [3.63, 3.8) is 0 Å². The fraction of sp³-hybridized carbons (Fsp3) is 0.455. The number of hydrogen-bond acceptors (Lipinski definition) is 4. The standard InChI is InChI=1S/C11H16N2OS/c1-9(14)10-4-5-12-11(8-10)15-7-6-13(2)3/h4-5,8H,6-7H2,1-3H3. The van der Waals surface area contributed by atoms with Crippen molar-refractivity contribution in [2.24, 2.45) is 0 Å². The van der Waals surface area contributed by atoms with E-state index in [4.69, 9.17) is 0 Å². The van der Waals surface area contributed by atoms with Gasteiger partial charge in [-0.2, -0.15) is 0 Å². The second kappa shape index (κ2) is 5.88. The Morgan fingerprint density at radius 3 is 2.87 bits per heavy atom. The lowest BCUT2D eigenvalue weighted by molar-refractivity contribution is 0.101. The van der Waals surface area contributed by atoms with Crippen molar-refractivity contribution in [1.82, 2.24) is 9.88 Å². The van der Waals surface area contributed by atoms with Crippen LogP contribution in [0, 0.1) is 0 Å². The van der Waals surface area contributed by atoms with Crippen molar-refractivity contribution in [2.75, 3.05) is 26.4 Å². The minimum absolute atomic E-state index is 0.0897. The van der Waals surface area contributed by atoms with Gasteiger partial charge in [0.05, 0.1) is 5.03 Å². The summed E-state index contributed by atoms with van der Waals surface area (Å²) in [6.45, 7) is 2.58. The van der Waals surface area contributed by atoms with Gasteiger partial charge in [-0.05, 0) is 33.2 Å². The molecule has 0 saturated carbocycles. The summed E-state index contributed by atoms with van der Waals surface area (Å²) in [6, 6.07) is 3.60. The predicted octanol–water partition coefficient (Wildman–Crippen LogP) is 1.94. The van der Waals surface area contributed by atoms with E-state index in [0.29, 0.717) is 0 Å². The number of ketones is 1. The molecule has 4 heteroatoms. The number of rotatable bonds is 5. The lowest BCUT2D eigenvalue weighted by atomic mass is 10.2. The zero-order valence-corrected chi connectivity index (χ0v) is 10.2. The van der Waals surface area contributed by atoms with E-state index in [9.17, 15) is 4.79 Å². The molecule has 0 spiro atoms. The summed E-state index contributed by atoms with van der Waals surface area (Å²) >= 11 is 1.68. The Morgan fingerprint density at radius 1 is 1.53 bits per heavy atom. The third kappa shape index (κ3) is 4.44. The highest BCUT2D eigenvalue weighted by molar-refractivity contribution is 7.99. The molecule has 0 N–H and O–H groups in total. The van der Waals surface area contributed by atoms with Crippen molar-refractivity contribution < 1.29 is 4.79 Å². The Kier molecular flexibility index (Phi) is 4.78. The number of Topliss-reactive ketones (excluding diaryl/α,β-unsaturated/α-hetero) is 1. The second-order valence-electron chi connectivity index (χ2n) is 3.59. The summed E-state index contributed by atoms with van der Waals surface area (Å²) in [7, 11) is 4.08. The first-order valence-electron chi connectivity index (χ1n) is 4.84. The van der Waals surface area contributed by atoms with Gasteiger partial charge in [0.15, 0.2) is 5.78 Å². The average Bonchev–Trinajstić information content (AvgIpc) is 2.17. The van der Waals surface area contributed by atoms with E-state index in [1.54, 1.807) is 30.9 Å². The molecule has 0 fully saturated rings. The third-order valence-electron chi connectivity index (χ3n) is 1.93. The zero-order chi connectivity index (χ0) is 11.3. The maximum absolute atomic E-state index is 11.1. The normalized spacial score (nSPS) is 10.7. The first-order valence-corrected chi connectivity index (χ1v) is 5.82. The van der Waals surface area contributed by atoms with Crippen LogP contribution < -0.4 is 0 Å². The molecule has 0 atom stereocenters. The third-order valence-corrected chi connectivity index (χ3v) is 2.84. The molecule has 1 rings (SSSR count). The van der Waals surface area contributed by atoms with Gasteiger partial charge in [0.1, 0.15) is 0 Å². The molecular formula is C11H16N2OS. The first kappa shape index (κ1) is 12.2. The van der Waals surface area contributed by atoms with Crippen LogP contribution in [0.2, 0.25) is 0 Å². The van der Waals surface area contributed by atoms with E-state index >= 15 is 0 Å². The lowest BCUT2D eigenvalue weighted by Crippen LogP contribution is -2.14. The molecule has 0 aromatic carbocycles. The van der Waals surface area contributed by atoms with Crippen LogP contribution in [0.3, 0.4) is 0 Å². The number of nitrogens with zero attached hydrogens (tertiary/aromatic N) is 2. The molecule has 0 aliphatic carbocycles. The summed E-state index contributed by atoms with van der Waals surface area (Å²) < 4.78 is 0. The molecule has 0 radical (unpaired) electrons. The monoisotopic (exact) mass is 224 g/mol. The second-order valence-corrected chi connectivity index (χ2v) is 4.71. The van der Waals surface area contributed by atoms with E-state index in [-0.39, 0.29) is 5.78 Å². The number of pyridine rings is 1. The molecule has 0 amide bonds. The molecule has 3 nitrogen and oxygen atoms in total. The highest BCUT2D eigenvalue weighted by Crippen LogP contribution is 2.16. The van der Waals surface area contributed by atoms with Crippen LogP contribution in [0.1, 0.15) is 17.3 Å². The van der Waals surface area contributed by atoms with Gasteiger partial charge in [0, 0.05) is 24.1 Å². The Labute approximate surface area is 94.9 Å². The minimum Gasteiger partial charge on any atom is -0.309 e. The molecule has 0 unspecified atom stereocenters. The number of hydrogen-bond donors (Lipinski definition) is 0. The van der Waals surface area contributed by atoms with Gasteiger partial charge >= 0.3 is 0 Å². The number of carbonyl (C=O) groups is 1. The molecule has 1 aromatic rings. The fourth-order valence-electron chi connectivity index (χ4n) is 1.04. The van der Waals surface area contributed by atoms with Crippen LogP contribution in [-0.2, 0) is 0 Å². The van der Waals surface area contributed by atoms with Gasteiger partial charge in [-0.15, -0.1) is 11.8 Å². The summed E-state index contributed by atoms with van der Waals surface area (Å²) in [4.78, 5) is 17.5. The number of carbonyl (C=O) groups excluding carboxylic acids is 1. The first-order chi connectivity index (χ1) is 7.09. The SMILES string of the molecule is CC(=O)c1ccnc(SCCN(C)C)c1. The quantitative estimate of drug-likeness (QED) is 0.565. The van der Waals surface area contributed by atoms with Gasteiger partial charge in [0.25, 0.3) is 0 Å². The molecule has 15 heavy (non-hydrogen) atoms. The number of aromatic nitrogens is 1. The average molecular weight is 224 g/mol. The van der Waals surface area contributed by atoms with Crippen molar-refractivity contribution in [3.05, 3.63) is 23.9 Å². The van der Waals surface area contributed by atoms with Crippen LogP contribution in [0.5, 0.6) is 0 Å². The molecule has 1 heterocycles. The van der Waals surface area contributed by atoms with Crippen LogP contribution in [-0.4, -0.2) is 42.1 Å². The molecular weight excluding hydrogens is 208 g/mol. The topological polar surface area (TPSA) is 33.2 Å². The summed E-state index contributed by atoms with van der Waals surface area (Å²) in [5.41, 5.74) is 0.734. The van der Waals surface area contributed by atoms with Gasteiger partial charge in [0.2, 0.25) is 0 Å². The fourth-order valence-corrected chi connectivity index (χ4v) is 2.05. The number of thioether (sulfide) groups is 1. The maximum atomic E-state index is 11.1. The molecule has 0 aliphatic rings. The molecule has 0 aliphatic heterocycles. The van der Waals surface area contributed by atoms with Crippen molar-refractivity contribution in [3.8, 4) is 0 Å². The van der Waals surface area contributed by atoms with E-state index in [2.05, 4.69) is 9.88 Å². The molecule has 0 bridgehead atoms.